The van der Waals surface area contributed by atoms with Gasteiger partial charge in [-0.2, -0.15) is 0 Å². The van der Waals surface area contributed by atoms with Crippen LogP contribution in [0.15, 0.2) is 30.6 Å². The summed E-state index contributed by atoms with van der Waals surface area (Å²) in [7, 11) is 0. The molecule has 2 heterocycles. The molecule has 2 atom stereocenters. The monoisotopic (exact) mass is 290 g/mol. The Morgan fingerprint density at radius 1 is 1.33 bits per heavy atom. The van der Waals surface area contributed by atoms with Crippen molar-refractivity contribution >= 4 is 0 Å². The van der Waals surface area contributed by atoms with Gasteiger partial charge in [0.1, 0.15) is 18.0 Å². The molecular weight excluding hydrogens is 271 g/mol. The molecule has 1 N–H and O–H groups in total. The van der Waals surface area contributed by atoms with E-state index in [1.54, 1.807) is 24.5 Å². The van der Waals surface area contributed by atoms with Gasteiger partial charge in [-0.25, -0.2) is 4.39 Å². The number of aliphatic hydroxyl groups is 1. The van der Waals surface area contributed by atoms with Gasteiger partial charge in [0, 0.05) is 25.2 Å². The zero-order chi connectivity index (χ0) is 14.8. The summed E-state index contributed by atoms with van der Waals surface area (Å²) in [6.07, 6.45) is 0.940. The van der Waals surface area contributed by atoms with Gasteiger partial charge in [-0.05, 0) is 12.0 Å². The number of rotatable bonds is 4. The van der Waals surface area contributed by atoms with E-state index in [4.69, 9.17) is 0 Å². The summed E-state index contributed by atoms with van der Waals surface area (Å²) < 4.78 is 15.8. The Morgan fingerprint density at radius 3 is 2.95 bits per heavy atom. The fourth-order valence-corrected chi connectivity index (χ4v) is 2.80. The van der Waals surface area contributed by atoms with Crippen molar-refractivity contribution in [1.29, 1.82) is 0 Å². The van der Waals surface area contributed by atoms with E-state index in [0.29, 0.717) is 18.7 Å². The van der Waals surface area contributed by atoms with Gasteiger partial charge in [-0.1, -0.05) is 25.1 Å². The highest BCUT2D eigenvalue weighted by Crippen LogP contribution is 2.25. The number of aliphatic hydroxyl groups excluding tert-OH is 1. The van der Waals surface area contributed by atoms with E-state index in [1.807, 2.05) is 11.5 Å². The highest BCUT2D eigenvalue weighted by molar-refractivity contribution is 5.20. The van der Waals surface area contributed by atoms with Gasteiger partial charge in [-0.15, -0.1) is 10.2 Å². The van der Waals surface area contributed by atoms with Crippen molar-refractivity contribution in [3.05, 3.63) is 47.8 Å². The maximum Gasteiger partial charge on any atom is 0.147 e. The lowest BCUT2D eigenvalue weighted by atomic mass is 9.96. The summed E-state index contributed by atoms with van der Waals surface area (Å²) >= 11 is 0. The maximum atomic E-state index is 13.7. The summed E-state index contributed by atoms with van der Waals surface area (Å²) in [5.74, 6) is 0.528. The first-order valence-corrected chi connectivity index (χ1v) is 7.16. The fraction of sp³-hybridized carbons (Fsp3) is 0.467. The van der Waals surface area contributed by atoms with Crippen LogP contribution in [0.5, 0.6) is 0 Å². The quantitative estimate of drug-likeness (QED) is 0.929. The van der Waals surface area contributed by atoms with Crippen molar-refractivity contribution in [2.75, 3.05) is 13.1 Å². The van der Waals surface area contributed by atoms with E-state index in [-0.39, 0.29) is 11.7 Å². The van der Waals surface area contributed by atoms with Crippen molar-refractivity contribution in [3.63, 3.8) is 0 Å². The molecule has 112 valence electrons. The number of aromatic nitrogens is 3. The normalized spacial score (nSPS) is 18.2. The highest BCUT2D eigenvalue weighted by Gasteiger charge is 2.24. The Morgan fingerprint density at radius 2 is 2.14 bits per heavy atom. The van der Waals surface area contributed by atoms with E-state index < -0.39 is 6.10 Å². The van der Waals surface area contributed by atoms with Crippen LogP contribution in [0.3, 0.4) is 0 Å². The largest absolute Gasteiger partial charge is 0.388 e. The van der Waals surface area contributed by atoms with Gasteiger partial charge in [0.2, 0.25) is 0 Å². The van der Waals surface area contributed by atoms with Gasteiger partial charge in [0.15, 0.2) is 0 Å². The summed E-state index contributed by atoms with van der Waals surface area (Å²) in [6.45, 7) is 5.09. The standard InChI is InChI=1S/C15H19FN4O/c1-11(15(21)12-4-2-3-5-13(12)16)8-19-6-7-20-10-17-18-14(20)9-19/h2-5,10-11,15,21H,6-9H2,1H3. The summed E-state index contributed by atoms with van der Waals surface area (Å²) in [5.41, 5.74) is 0.366. The average molecular weight is 290 g/mol. The van der Waals surface area contributed by atoms with Crippen molar-refractivity contribution in [2.45, 2.75) is 26.1 Å². The van der Waals surface area contributed by atoms with E-state index in [0.717, 1.165) is 18.9 Å². The Labute approximate surface area is 123 Å². The third-order valence-corrected chi connectivity index (χ3v) is 4.03. The Hall–Kier alpha value is -1.79. The average Bonchev–Trinajstić information content (AvgIpc) is 2.94. The van der Waals surface area contributed by atoms with Gasteiger partial charge < -0.3 is 9.67 Å². The molecule has 0 radical (unpaired) electrons. The third kappa shape index (κ3) is 2.96. The number of halogens is 1. The molecule has 0 aliphatic carbocycles. The van der Waals surface area contributed by atoms with Crippen molar-refractivity contribution < 1.29 is 9.50 Å². The SMILES string of the molecule is CC(CN1CCn2cnnc2C1)C(O)c1ccccc1F. The predicted octanol–water partition coefficient (Wildman–Crippen LogP) is 1.60. The second-order valence-corrected chi connectivity index (χ2v) is 5.62. The first-order chi connectivity index (χ1) is 10.1. The first kappa shape index (κ1) is 14.2. The molecule has 1 aliphatic heterocycles. The number of hydrogen-bond donors (Lipinski definition) is 1. The molecule has 2 aromatic rings. The molecule has 3 rings (SSSR count). The smallest absolute Gasteiger partial charge is 0.147 e. The van der Waals surface area contributed by atoms with Crippen LogP contribution in [0.1, 0.15) is 24.4 Å². The van der Waals surface area contributed by atoms with Gasteiger partial charge in [-0.3, -0.25) is 4.90 Å². The first-order valence-electron chi connectivity index (χ1n) is 7.16. The van der Waals surface area contributed by atoms with Crippen LogP contribution in [0.4, 0.5) is 4.39 Å². The summed E-state index contributed by atoms with van der Waals surface area (Å²) in [4.78, 5) is 2.22. The minimum absolute atomic E-state index is 0.0589. The Balaban J connectivity index is 1.64. The molecular formula is C15H19FN4O. The molecule has 0 saturated heterocycles. The summed E-state index contributed by atoms with van der Waals surface area (Å²) in [5, 5.41) is 18.3. The van der Waals surface area contributed by atoms with Crippen molar-refractivity contribution in [3.8, 4) is 0 Å². The minimum Gasteiger partial charge on any atom is -0.388 e. The highest BCUT2D eigenvalue weighted by atomic mass is 19.1. The topological polar surface area (TPSA) is 54.2 Å². The second kappa shape index (κ2) is 5.91. The zero-order valence-corrected chi connectivity index (χ0v) is 12.0. The molecule has 0 fully saturated rings. The molecule has 0 amide bonds. The maximum absolute atomic E-state index is 13.7. The predicted molar refractivity (Wildman–Crippen MR) is 75.8 cm³/mol. The van der Waals surface area contributed by atoms with Crippen LogP contribution in [0.2, 0.25) is 0 Å². The molecule has 2 unspecified atom stereocenters. The third-order valence-electron chi connectivity index (χ3n) is 4.03. The molecule has 1 aliphatic rings. The number of nitrogens with zero attached hydrogens (tertiary/aromatic N) is 4. The number of fused-ring (bicyclic) bond motifs is 1. The minimum atomic E-state index is -0.800. The van der Waals surface area contributed by atoms with E-state index in [1.165, 1.54) is 6.07 Å². The van der Waals surface area contributed by atoms with Crippen LogP contribution in [-0.2, 0) is 13.1 Å². The molecule has 1 aromatic carbocycles. The van der Waals surface area contributed by atoms with Crippen LogP contribution in [0.25, 0.3) is 0 Å². The molecule has 0 spiro atoms. The van der Waals surface area contributed by atoms with Gasteiger partial charge in [0.05, 0.1) is 12.6 Å². The van der Waals surface area contributed by atoms with E-state index in [9.17, 15) is 9.50 Å². The van der Waals surface area contributed by atoms with Crippen LogP contribution < -0.4 is 0 Å². The van der Waals surface area contributed by atoms with Crippen LogP contribution in [-0.4, -0.2) is 37.9 Å². The fourth-order valence-electron chi connectivity index (χ4n) is 2.80. The van der Waals surface area contributed by atoms with E-state index in [2.05, 4.69) is 15.1 Å². The second-order valence-electron chi connectivity index (χ2n) is 5.62. The molecule has 5 nitrogen and oxygen atoms in total. The van der Waals surface area contributed by atoms with E-state index >= 15 is 0 Å². The molecule has 1 aromatic heterocycles. The number of benzene rings is 1. The number of hydrogen-bond acceptors (Lipinski definition) is 4. The Bertz CT molecular complexity index is 615. The van der Waals surface area contributed by atoms with Crippen LogP contribution >= 0.6 is 0 Å². The van der Waals surface area contributed by atoms with Crippen molar-refractivity contribution in [2.24, 2.45) is 5.92 Å². The Kier molecular flexibility index (Phi) is 3.98. The molecule has 0 bridgehead atoms. The molecule has 21 heavy (non-hydrogen) atoms. The lowest BCUT2D eigenvalue weighted by Crippen LogP contribution is -2.37. The lowest BCUT2D eigenvalue weighted by Gasteiger charge is -2.31. The van der Waals surface area contributed by atoms with Gasteiger partial charge in [0.25, 0.3) is 0 Å². The summed E-state index contributed by atoms with van der Waals surface area (Å²) in [6, 6.07) is 6.41. The van der Waals surface area contributed by atoms with Crippen molar-refractivity contribution in [1.82, 2.24) is 19.7 Å². The molecule has 0 saturated carbocycles. The molecule has 6 heteroatoms. The lowest BCUT2D eigenvalue weighted by molar-refractivity contribution is 0.0763. The van der Waals surface area contributed by atoms with Crippen LogP contribution in [0, 0.1) is 11.7 Å². The van der Waals surface area contributed by atoms with Gasteiger partial charge >= 0.3 is 0 Å². The zero-order valence-electron chi connectivity index (χ0n) is 12.0.